The largest absolute Gasteiger partial charge is 0.304 e. The Morgan fingerprint density at radius 2 is 1.94 bits per heavy atom. The van der Waals surface area contributed by atoms with Crippen LogP contribution in [0.4, 0.5) is 0 Å². The monoisotopic (exact) mass is 245 g/mol. The zero-order valence-electron chi connectivity index (χ0n) is 10.1. The average Bonchev–Trinajstić information content (AvgIpc) is 2.76. The van der Waals surface area contributed by atoms with Crippen molar-refractivity contribution in [1.82, 2.24) is 9.80 Å². The molecule has 0 spiro atoms. The lowest BCUT2D eigenvalue weighted by atomic mass is 10.1. The highest BCUT2D eigenvalue weighted by Crippen LogP contribution is 2.26. The van der Waals surface area contributed by atoms with E-state index in [0.29, 0.717) is 0 Å². The smallest absolute Gasteiger partial charge is 0.0503 e. The van der Waals surface area contributed by atoms with Gasteiger partial charge in [-0.2, -0.15) is 0 Å². The summed E-state index contributed by atoms with van der Waals surface area (Å²) in [7, 11) is 2.20. The maximum atomic E-state index is 3.46. The van der Waals surface area contributed by atoms with Crippen LogP contribution in [0.15, 0.2) is 24.3 Å². The van der Waals surface area contributed by atoms with Crippen molar-refractivity contribution in [1.29, 1.82) is 0 Å². The lowest BCUT2D eigenvalue weighted by Crippen LogP contribution is -2.43. The molecule has 17 heavy (non-hydrogen) atoms. The second-order valence-electron chi connectivity index (χ2n) is 4.76. The Balaban J connectivity index is 1.76. The summed E-state index contributed by atoms with van der Waals surface area (Å²) < 4.78 is 1.36. The first-order valence-corrected chi connectivity index (χ1v) is 6.93. The van der Waals surface area contributed by atoms with Gasteiger partial charge in [-0.05, 0) is 24.1 Å². The van der Waals surface area contributed by atoms with Gasteiger partial charge in [0.15, 0.2) is 0 Å². The van der Waals surface area contributed by atoms with E-state index >= 15 is 0 Å². The molecule has 0 amide bonds. The number of piperazine rings is 1. The summed E-state index contributed by atoms with van der Waals surface area (Å²) in [6.07, 6.45) is 0. The molecule has 1 aliphatic heterocycles. The molecule has 1 fully saturated rings. The molecular weight excluding hydrogens is 228 g/mol. The van der Waals surface area contributed by atoms with Crippen molar-refractivity contribution in [2.75, 3.05) is 33.2 Å². The van der Waals surface area contributed by atoms with Crippen molar-refractivity contribution in [2.24, 2.45) is 0 Å². The molecule has 89 valence electrons. The summed E-state index contributed by atoms with van der Waals surface area (Å²) in [4.78, 5) is 4.93. The minimum absolute atomic E-state index is 1.05. The second-order valence-corrected chi connectivity index (χ2v) is 5.61. The zero-order chi connectivity index (χ0) is 11.7. The lowest BCUT2D eigenvalue weighted by molar-refractivity contribution is 0.148. The highest BCUT2D eigenvalue weighted by atomic mass is 32.1. The van der Waals surface area contributed by atoms with E-state index in [9.17, 15) is 0 Å². The van der Waals surface area contributed by atoms with Gasteiger partial charge >= 0.3 is 0 Å². The number of benzene rings is 1. The lowest BCUT2D eigenvalue weighted by Gasteiger charge is -2.32. The molecule has 1 aromatic heterocycles. The van der Waals surface area contributed by atoms with Crippen LogP contribution in [-0.4, -0.2) is 43.0 Å². The minimum atomic E-state index is 1.05. The van der Waals surface area contributed by atoms with Crippen molar-refractivity contribution in [3.63, 3.8) is 0 Å². The standard InChI is InChI=1S/C14H17N2S/c1-15-6-8-16(9-7-15)10-12-11-17-14-5-3-2-4-13(12)14/h2-5H,6-10H2,1H3. The van der Waals surface area contributed by atoms with E-state index in [0.717, 1.165) is 6.54 Å². The minimum Gasteiger partial charge on any atom is -0.304 e. The molecule has 1 saturated heterocycles. The van der Waals surface area contributed by atoms with Gasteiger partial charge in [0.1, 0.15) is 0 Å². The van der Waals surface area contributed by atoms with Gasteiger partial charge in [-0.3, -0.25) is 4.90 Å². The van der Waals surface area contributed by atoms with E-state index < -0.39 is 0 Å². The zero-order valence-corrected chi connectivity index (χ0v) is 11.0. The summed E-state index contributed by atoms with van der Waals surface area (Å²) >= 11 is 1.74. The highest BCUT2D eigenvalue weighted by Gasteiger charge is 2.15. The van der Waals surface area contributed by atoms with Gasteiger partial charge in [-0.1, -0.05) is 18.2 Å². The molecule has 0 unspecified atom stereocenters. The fourth-order valence-electron chi connectivity index (χ4n) is 2.32. The van der Waals surface area contributed by atoms with E-state index in [4.69, 9.17) is 0 Å². The number of hydrogen-bond acceptors (Lipinski definition) is 3. The van der Waals surface area contributed by atoms with Gasteiger partial charge in [0.2, 0.25) is 0 Å². The fourth-order valence-corrected chi connectivity index (χ4v) is 3.18. The molecule has 1 aromatic carbocycles. The van der Waals surface area contributed by atoms with Crippen molar-refractivity contribution in [2.45, 2.75) is 6.54 Å². The van der Waals surface area contributed by atoms with Crippen LogP contribution >= 0.6 is 11.3 Å². The molecule has 0 atom stereocenters. The maximum Gasteiger partial charge on any atom is 0.0503 e. The van der Waals surface area contributed by atoms with E-state index in [-0.39, 0.29) is 0 Å². The second kappa shape index (κ2) is 4.77. The predicted octanol–water partition coefficient (Wildman–Crippen LogP) is 2.45. The third kappa shape index (κ3) is 2.37. The van der Waals surface area contributed by atoms with E-state index in [2.05, 4.69) is 46.5 Å². The Morgan fingerprint density at radius 3 is 2.76 bits per heavy atom. The number of hydrogen-bond donors (Lipinski definition) is 0. The predicted molar refractivity (Wildman–Crippen MR) is 73.4 cm³/mol. The van der Waals surface area contributed by atoms with E-state index in [1.54, 1.807) is 11.3 Å². The Kier molecular flexibility index (Phi) is 3.14. The topological polar surface area (TPSA) is 6.48 Å². The van der Waals surface area contributed by atoms with Gasteiger partial charge in [0.05, 0.1) is 5.38 Å². The molecule has 0 N–H and O–H groups in total. The van der Waals surface area contributed by atoms with Crippen LogP contribution in [0.5, 0.6) is 0 Å². The molecule has 3 rings (SSSR count). The molecular formula is C14H17N2S. The third-order valence-corrected chi connectivity index (χ3v) is 4.40. The van der Waals surface area contributed by atoms with Crippen LogP contribution in [0.2, 0.25) is 0 Å². The molecule has 2 nitrogen and oxygen atoms in total. The van der Waals surface area contributed by atoms with Crippen LogP contribution < -0.4 is 0 Å². The van der Waals surface area contributed by atoms with E-state index in [1.165, 1.54) is 41.8 Å². The number of likely N-dealkylation sites (N-methyl/N-ethyl adjacent to an activating group) is 1. The first-order valence-electron chi connectivity index (χ1n) is 6.12. The number of rotatable bonds is 2. The fraction of sp³-hybridized carbons (Fsp3) is 0.429. The third-order valence-electron chi connectivity index (χ3n) is 3.47. The Morgan fingerprint density at radius 1 is 1.18 bits per heavy atom. The number of fused-ring (bicyclic) bond motifs is 1. The van der Waals surface area contributed by atoms with Gasteiger partial charge in [0.25, 0.3) is 0 Å². The molecule has 2 heterocycles. The van der Waals surface area contributed by atoms with Crippen LogP contribution in [0.3, 0.4) is 0 Å². The molecule has 2 aromatic rings. The number of thiophene rings is 1. The molecule has 3 heteroatoms. The number of nitrogens with zero attached hydrogens (tertiary/aromatic N) is 2. The van der Waals surface area contributed by atoms with Crippen LogP contribution in [0, 0.1) is 5.38 Å². The molecule has 1 aliphatic rings. The van der Waals surface area contributed by atoms with Crippen LogP contribution in [0.25, 0.3) is 10.1 Å². The summed E-state index contributed by atoms with van der Waals surface area (Å²) in [5, 5.41) is 4.84. The summed E-state index contributed by atoms with van der Waals surface area (Å²) in [5.41, 5.74) is 1.37. The Hall–Kier alpha value is -0.900. The summed E-state index contributed by atoms with van der Waals surface area (Å²) in [6, 6.07) is 8.63. The highest BCUT2D eigenvalue weighted by molar-refractivity contribution is 7.16. The van der Waals surface area contributed by atoms with Gasteiger partial charge in [-0.25, -0.2) is 0 Å². The Labute approximate surface area is 106 Å². The first kappa shape index (κ1) is 11.2. The van der Waals surface area contributed by atoms with E-state index in [1.807, 2.05) is 0 Å². The molecule has 0 saturated carbocycles. The molecule has 0 aliphatic carbocycles. The van der Waals surface area contributed by atoms with Crippen molar-refractivity contribution in [3.05, 3.63) is 35.2 Å². The van der Waals surface area contributed by atoms with Gasteiger partial charge < -0.3 is 4.90 Å². The van der Waals surface area contributed by atoms with Crippen molar-refractivity contribution < 1.29 is 0 Å². The molecule has 0 bridgehead atoms. The maximum absolute atomic E-state index is 3.46. The quantitative estimate of drug-likeness (QED) is 0.802. The van der Waals surface area contributed by atoms with Crippen molar-refractivity contribution >= 4 is 21.4 Å². The SMILES string of the molecule is CN1CCN(Cc2[c]sc3ccccc23)CC1. The van der Waals surface area contributed by atoms with Crippen LogP contribution in [0.1, 0.15) is 5.56 Å². The van der Waals surface area contributed by atoms with Crippen LogP contribution in [-0.2, 0) is 6.54 Å². The first-order chi connectivity index (χ1) is 8.33. The summed E-state index contributed by atoms with van der Waals surface area (Å²) in [6.45, 7) is 5.77. The normalized spacial score (nSPS) is 18.9. The van der Waals surface area contributed by atoms with Gasteiger partial charge in [-0.15, -0.1) is 11.3 Å². The average molecular weight is 245 g/mol. The van der Waals surface area contributed by atoms with Crippen molar-refractivity contribution in [3.8, 4) is 0 Å². The van der Waals surface area contributed by atoms with Gasteiger partial charge in [0, 0.05) is 37.4 Å². The summed E-state index contributed by atoms with van der Waals surface area (Å²) in [5.74, 6) is 0. The Bertz CT molecular complexity index is 498. The molecule has 1 radical (unpaired) electrons.